The molecule has 3 N–H and O–H groups in total. The number of amides is 1. The van der Waals surface area contributed by atoms with E-state index in [-0.39, 0.29) is 34.4 Å². The predicted molar refractivity (Wildman–Crippen MR) is 127 cm³/mol. The Hall–Kier alpha value is -3.93. The van der Waals surface area contributed by atoms with Crippen molar-refractivity contribution in [2.45, 2.75) is 24.1 Å². The highest BCUT2D eigenvalue weighted by molar-refractivity contribution is 7.93. The number of hydrogen-bond donors (Lipinski definition) is 2. The number of aromatic nitrogens is 3. The van der Waals surface area contributed by atoms with Crippen molar-refractivity contribution in [3.63, 3.8) is 0 Å². The van der Waals surface area contributed by atoms with Gasteiger partial charge in [0.1, 0.15) is 22.9 Å². The zero-order valence-corrected chi connectivity index (χ0v) is 20.0. The van der Waals surface area contributed by atoms with Gasteiger partial charge in [-0.15, -0.1) is 0 Å². The zero-order valence-electron chi connectivity index (χ0n) is 19.2. The molecule has 3 heterocycles. The van der Waals surface area contributed by atoms with E-state index in [4.69, 9.17) is 10.5 Å². The smallest absolute Gasteiger partial charge is 0.275 e. The molecule has 35 heavy (non-hydrogen) atoms. The van der Waals surface area contributed by atoms with Crippen molar-refractivity contribution in [2.75, 3.05) is 18.2 Å². The second-order valence-electron chi connectivity index (χ2n) is 8.37. The normalized spacial score (nSPS) is 23.3. The van der Waals surface area contributed by atoms with Crippen LogP contribution in [0.2, 0.25) is 0 Å². The topological polar surface area (TPSA) is 150 Å². The summed E-state index contributed by atoms with van der Waals surface area (Å²) < 4.78 is 45.2. The van der Waals surface area contributed by atoms with Crippen molar-refractivity contribution in [3.8, 4) is 5.88 Å². The number of methoxy groups -OCH3 is 1. The van der Waals surface area contributed by atoms with Crippen LogP contribution in [0.5, 0.6) is 5.88 Å². The number of benzene rings is 1. The Kier molecular flexibility index (Phi) is 6.01. The summed E-state index contributed by atoms with van der Waals surface area (Å²) in [7, 11) is -2.57. The van der Waals surface area contributed by atoms with Crippen LogP contribution in [0.3, 0.4) is 0 Å². The minimum absolute atomic E-state index is 0.0107. The molecule has 1 aliphatic rings. The maximum atomic E-state index is 15.0. The zero-order chi connectivity index (χ0) is 25.4. The van der Waals surface area contributed by atoms with Gasteiger partial charge in [0.15, 0.2) is 14.6 Å². The van der Waals surface area contributed by atoms with Crippen molar-refractivity contribution in [1.29, 1.82) is 0 Å². The molecule has 182 valence electrons. The number of halogens is 1. The Morgan fingerprint density at radius 1 is 1.14 bits per heavy atom. The summed E-state index contributed by atoms with van der Waals surface area (Å²) in [5, 5.41) is 2.61. The Morgan fingerprint density at radius 3 is 2.51 bits per heavy atom. The summed E-state index contributed by atoms with van der Waals surface area (Å²) in [5.41, 5.74) is 5.09. The first kappa shape index (κ1) is 24.2. The molecule has 1 aliphatic heterocycles. The predicted octanol–water partition coefficient (Wildman–Crippen LogP) is 2.19. The molecule has 2 aromatic heterocycles. The van der Waals surface area contributed by atoms with Crippen LogP contribution >= 0.6 is 0 Å². The van der Waals surface area contributed by atoms with Crippen molar-refractivity contribution in [2.24, 2.45) is 10.7 Å². The van der Waals surface area contributed by atoms with E-state index in [0.717, 1.165) is 6.07 Å². The van der Waals surface area contributed by atoms with Crippen LogP contribution < -0.4 is 15.8 Å². The SMILES string of the molecule is COc1cnc(C(=O)Nc2ccc(F)c([C@]3(C)CS(=O)(=O)C(C)(c4ccccn4)C(N)=N3)c2)cn1. The average Bonchev–Trinajstić information content (AvgIpc) is 2.83. The fourth-order valence-corrected chi connectivity index (χ4v) is 5.95. The van der Waals surface area contributed by atoms with E-state index in [0.29, 0.717) is 0 Å². The molecule has 10 nitrogen and oxygen atoms in total. The Labute approximate surface area is 201 Å². The van der Waals surface area contributed by atoms with Gasteiger partial charge in [-0.2, -0.15) is 0 Å². The molecule has 0 bridgehead atoms. The Bertz CT molecular complexity index is 1420. The van der Waals surface area contributed by atoms with Crippen molar-refractivity contribution < 1.29 is 22.3 Å². The molecule has 3 aromatic rings. The number of rotatable bonds is 5. The van der Waals surface area contributed by atoms with E-state index in [1.807, 2.05) is 0 Å². The number of ether oxygens (including phenoxy) is 1. The summed E-state index contributed by atoms with van der Waals surface area (Å²) in [5.74, 6) is -1.77. The van der Waals surface area contributed by atoms with Gasteiger partial charge >= 0.3 is 0 Å². The van der Waals surface area contributed by atoms with E-state index < -0.39 is 37.6 Å². The van der Waals surface area contributed by atoms with Gasteiger partial charge in [0.05, 0.1) is 31.0 Å². The number of sulfone groups is 1. The highest BCUT2D eigenvalue weighted by atomic mass is 32.2. The first-order valence-corrected chi connectivity index (χ1v) is 12.1. The summed E-state index contributed by atoms with van der Waals surface area (Å²) in [4.78, 5) is 29.1. The fraction of sp³-hybridized carbons (Fsp3) is 0.261. The van der Waals surface area contributed by atoms with Gasteiger partial charge in [0.2, 0.25) is 5.88 Å². The number of nitrogens with two attached hydrogens (primary N) is 1. The highest BCUT2D eigenvalue weighted by Gasteiger charge is 2.54. The summed E-state index contributed by atoms with van der Waals surface area (Å²) >= 11 is 0. The number of carbonyl (C=O) groups excluding carboxylic acids is 1. The first-order chi connectivity index (χ1) is 16.5. The van der Waals surface area contributed by atoms with Crippen LogP contribution in [-0.4, -0.2) is 48.0 Å². The quantitative estimate of drug-likeness (QED) is 0.544. The Balaban J connectivity index is 1.71. The molecule has 1 unspecified atom stereocenters. The van der Waals surface area contributed by atoms with Crippen LogP contribution in [0, 0.1) is 5.82 Å². The molecule has 2 atom stereocenters. The van der Waals surface area contributed by atoms with Crippen molar-refractivity contribution >= 4 is 27.3 Å². The lowest BCUT2D eigenvalue weighted by molar-refractivity contribution is 0.102. The van der Waals surface area contributed by atoms with Crippen LogP contribution in [0.15, 0.2) is 60.0 Å². The van der Waals surface area contributed by atoms with E-state index >= 15 is 0 Å². The van der Waals surface area contributed by atoms with Crippen LogP contribution in [0.1, 0.15) is 35.6 Å². The molecule has 0 saturated heterocycles. The van der Waals surface area contributed by atoms with Gasteiger partial charge in [-0.25, -0.2) is 22.8 Å². The highest BCUT2D eigenvalue weighted by Crippen LogP contribution is 2.42. The number of amidine groups is 1. The number of pyridine rings is 1. The molecular formula is C23H23FN6O4S. The van der Waals surface area contributed by atoms with Gasteiger partial charge in [-0.3, -0.25) is 14.8 Å². The van der Waals surface area contributed by atoms with E-state index in [2.05, 4.69) is 25.3 Å². The largest absolute Gasteiger partial charge is 0.480 e. The summed E-state index contributed by atoms with van der Waals surface area (Å²) in [6.45, 7) is 2.92. The summed E-state index contributed by atoms with van der Waals surface area (Å²) in [6, 6.07) is 8.68. The lowest BCUT2D eigenvalue weighted by Gasteiger charge is -2.39. The average molecular weight is 499 g/mol. The van der Waals surface area contributed by atoms with Gasteiger partial charge < -0.3 is 15.8 Å². The molecular weight excluding hydrogens is 475 g/mol. The Morgan fingerprint density at radius 2 is 1.91 bits per heavy atom. The van der Waals surface area contributed by atoms with Crippen molar-refractivity contribution in [1.82, 2.24) is 15.0 Å². The van der Waals surface area contributed by atoms with Crippen LogP contribution in [0.25, 0.3) is 0 Å². The van der Waals surface area contributed by atoms with Crippen molar-refractivity contribution in [3.05, 3.63) is 77.8 Å². The number of anilines is 1. The molecule has 0 fully saturated rings. The summed E-state index contributed by atoms with van der Waals surface area (Å²) in [6.07, 6.45) is 3.99. The standard InChI is InChI=1S/C23H23FN6O4S/c1-22(13-35(32,33)23(2,21(25)30-22)18-6-4-5-9-26-18)15-10-14(7-8-16(15)24)29-20(31)17-11-28-19(34-3)12-27-17/h4-12H,13H2,1-3H3,(H2,25,30)(H,29,31)/t22-,23?/m0/s1. The van der Waals surface area contributed by atoms with E-state index in [1.165, 1.54) is 51.7 Å². The van der Waals surface area contributed by atoms with Gasteiger partial charge in [-0.1, -0.05) is 6.07 Å². The number of nitrogens with zero attached hydrogens (tertiary/aromatic N) is 4. The molecule has 1 aromatic carbocycles. The number of carbonyl (C=O) groups is 1. The molecule has 1 amide bonds. The third-order valence-corrected chi connectivity index (χ3v) is 8.58. The lowest BCUT2D eigenvalue weighted by Crippen LogP contribution is -2.55. The van der Waals surface area contributed by atoms with Gasteiger partial charge in [-0.05, 0) is 44.2 Å². The van der Waals surface area contributed by atoms with E-state index in [9.17, 15) is 17.6 Å². The number of aliphatic imine (C=N–C) groups is 1. The molecule has 0 radical (unpaired) electrons. The fourth-order valence-electron chi connectivity index (χ4n) is 3.90. The van der Waals surface area contributed by atoms with E-state index in [1.54, 1.807) is 18.2 Å². The second kappa shape index (κ2) is 8.69. The third kappa shape index (κ3) is 4.20. The number of hydrogen-bond acceptors (Lipinski definition) is 9. The van der Waals surface area contributed by atoms with Crippen LogP contribution in [0.4, 0.5) is 10.1 Å². The first-order valence-electron chi connectivity index (χ1n) is 10.5. The minimum Gasteiger partial charge on any atom is -0.480 e. The molecule has 12 heteroatoms. The third-order valence-electron chi connectivity index (χ3n) is 5.98. The number of nitrogens with one attached hydrogen (secondary N) is 1. The second-order valence-corrected chi connectivity index (χ2v) is 10.7. The monoisotopic (exact) mass is 498 g/mol. The lowest BCUT2D eigenvalue weighted by atomic mass is 9.92. The maximum Gasteiger partial charge on any atom is 0.275 e. The van der Waals surface area contributed by atoms with Crippen LogP contribution in [-0.2, 0) is 20.1 Å². The molecule has 0 saturated carbocycles. The molecule has 4 rings (SSSR count). The minimum atomic E-state index is -3.99. The van der Waals surface area contributed by atoms with Gasteiger partial charge in [0.25, 0.3) is 5.91 Å². The molecule has 0 spiro atoms. The maximum absolute atomic E-state index is 15.0. The molecule has 0 aliphatic carbocycles. The van der Waals surface area contributed by atoms with Gasteiger partial charge in [0, 0.05) is 17.4 Å².